The lowest BCUT2D eigenvalue weighted by Gasteiger charge is -2.41. The number of hydrogen-bond donors (Lipinski definition) is 1. The summed E-state index contributed by atoms with van der Waals surface area (Å²) in [6.45, 7) is 0.662. The second kappa shape index (κ2) is 5.78. The molecule has 4 atom stereocenters. The van der Waals surface area contributed by atoms with Gasteiger partial charge < -0.3 is 9.84 Å². The highest BCUT2D eigenvalue weighted by Gasteiger charge is 2.46. The summed E-state index contributed by atoms with van der Waals surface area (Å²) in [5.74, 6) is 2.44. The summed E-state index contributed by atoms with van der Waals surface area (Å²) < 4.78 is 30.3. The molecule has 0 aromatic rings. The van der Waals surface area contributed by atoms with Gasteiger partial charge in [-0.1, -0.05) is 6.42 Å². The van der Waals surface area contributed by atoms with E-state index >= 15 is 0 Å². The fourth-order valence-corrected chi connectivity index (χ4v) is 7.35. The molecule has 3 rings (SSSR count). The summed E-state index contributed by atoms with van der Waals surface area (Å²) >= 11 is 1.90. The number of rotatable bonds is 2. The Morgan fingerprint density at radius 2 is 2.15 bits per heavy atom. The van der Waals surface area contributed by atoms with Crippen LogP contribution in [0.15, 0.2) is 0 Å². The van der Waals surface area contributed by atoms with Gasteiger partial charge in [-0.2, -0.15) is 11.8 Å². The Labute approximate surface area is 125 Å². The predicted octanol–water partition coefficient (Wildman–Crippen LogP) is 1.62. The fourth-order valence-electron chi connectivity index (χ4n) is 3.89. The first-order chi connectivity index (χ1) is 9.53. The van der Waals surface area contributed by atoms with Crippen molar-refractivity contribution in [1.82, 2.24) is 0 Å². The van der Waals surface area contributed by atoms with Gasteiger partial charge in [0.1, 0.15) is 0 Å². The monoisotopic (exact) mass is 320 g/mol. The third kappa shape index (κ3) is 2.89. The van der Waals surface area contributed by atoms with E-state index < -0.39 is 21.2 Å². The molecule has 0 bridgehead atoms. The van der Waals surface area contributed by atoms with Crippen molar-refractivity contribution in [3.8, 4) is 0 Å². The Morgan fingerprint density at radius 3 is 2.85 bits per heavy atom. The number of ether oxygens (including phenoxy) is 1. The van der Waals surface area contributed by atoms with E-state index in [9.17, 15) is 13.5 Å². The van der Waals surface area contributed by atoms with Crippen LogP contribution in [0.3, 0.4) is 0 Å². The van der Waals surface area contributed by atoms with Crippen LogP contribution in [0.4, 0.5) is 0 Å². The molecule has 0 aromatic carbocycles. The lowest BCUT2D eigenvalue weighted by molar-refractivity contribution is -0.101. The van der Waals surface area contributed by atoms with Gasteiger partial charge >= 0.3 is 0 Å². The van der Waals surface area contributed by atoms with Crippen LogP contribution in [0.5, 0.6) is 0 Å². The SMILES string of the molecule is O=S1(=O)CCCCC1C(O)C1CCOC2(CCSC2)C1. The van der Waals surface area contributed by atoms with Gasteiger partial charge in [0.25, 0.3) is 0 Å². The number of aliphatic hydroxyl groups excluding tert-OH is 1. The van der Waals surface area contributed by atoms with Gasteiger partial charge in [-0.3, -0.25) is 0 Å². The zero-order valence-electron chi connectivity index (χ0n) is 11.8. The minimum Gasteiger partial charge on any atom is -0.391 e. The van der Waals surface area contributed by atoms with Crippen molar-refractivity contribution < 1.29 is 18.3 Å². The van der Waals surface area contributed by atoms with E-state index in [2.05, 4.69) is 0 Å². The van der Waals surface area contributed by atoms with Crippen LogP contribution < -0.4 is 0 Å². The van der Waals surface area contributed by atoms with Crippen LogP contribution in [0.2, 0.25) is 0 Å². The van der Waals surface area contributed by atoms with Crippen molar-refractivity contribution in [3.63, 3.8) is 0 Å². The quantitative estimate of drug-likeness (QED) is 0.837. The summed E-state index contributed by atoms with van der Waals surface area (Å²) in [5.41, 5.74) is -0.0903. The highest BCUT2D eigenvalue weighted by molar-refractivity contribution is 7.99. The van der Waals surface area contributed by atoms with Gasteiger partial charge in [0.2, 0.25) is 0 Å². The Kier molecular flexibility index (Phi) is 4.37. The van der Waals surface area contributed by atoms with Crippen molar-refractivity contribution in [2.24, 2.45) is 5.92 Å². The zero-order valence-corrected chi connectivity index (χ0v) is 13.4. The molecule has 0 aliphatic carbocycles. The Balaban J connectivity index is 1.71. The van der Waals surface area contributed by atoms with Crippen LogP contribution in [0, 0.1) is 5.92 Å². The van der Waals surface area contributed by atoms with Crippen molar-refractivity contribution in [3.05, 3.63) is 0 Å². The van der Waals surface area contributed by atoms with Crippen LogP contribution >= 0.6 is 11.8 Å². The Bertz CT molecular complexity index is 442. The molecule has 4 nitrogen and oxygen atoms in total. The number of hydrogen-bond acceptors (Lipinski definition) is 5. The number of thioether (sulfide) groups is 1. The van der Waals surface area contributed by atoms with Crippen molar-refractivity contribution >= 4 is 21.6 Å². The molecule has 1 N–H and O–H groups in total. The average molecular weight is 320 g/mol. The maximum atomic E-state index is 12.2. The minimum absolute atomic E-state index is 0.0836. The molecule has 1 spiro atoms. The molecule has 116 valence electrons. The fraction of sp³-hybridized carbons (Fsp3) is 1.00. The third-order valence-electron chi connectivity index (χ3n) is 5.09. The molecular formula is C14H24O4S2. The summed E-state index contributed by atoms with van der Waals surface area (Å²) in [6, 6.07) is 0. The molecule has 6 heteroatoms. The van der Waals surface area contributed by atoms with E-state index in [1.165, 1.54) is 0 Å². The van der Waals surface area contributed by atoms with E-state index in [1.54, 1.807) is 0 Å². The molecule has 3 fully saturated rings. The van der Waals surface area contributed by atoms with E-state index in [-0.39, 0.29) is 17.3 Å². The lowest BCUT2D eigenvalue weighted by Crippen LogP contribution is -2.49. The van der Waals surface area contributed by atoms with Crippen molar-refractivity contribution in [1.29, 1.82) is 0 Å². The van der Waals surface area contributed by atoms with E-state index in [0.29, 0.717) is 13.0 Å². The average Bonchev–Trinajstić information content (AvgIpc) is 2.85. The largest absolute Gasteiger partial charge is 0.391 e. The second-order valence-corrected chi connectivity index (χ2v) is 9.92. The first-order valence-corrected chi connectivity index (χ1v) is 10.5. The van der Waals surface area contributed by atoms with Gasteiger partial charge in [0.15, 0.2) is 9.84 Å². The highest BCUT2D eigenvalue weighted by Crippen LogP contribution is 2.42. The topological polar surface area (TPSA) is 63.6 Å². The van der Waals surface area contributed by atoms with E-state index in [1.807, 2.05) is 11.8 Å². The lowest BCUT2D eigenvalue weighted by atomic mass is 9.81. The number of sulfone groups is 1. The second-order valence-electron chi connectivity index (χ2n) is 6.48. The minimum atomic E-state index is -3.10. The van der Waals surface area contributed by atoms with Gasteiger partial charge in [0.05, 0.1) is 22.7 Å². The Hall–Kier alpha value is 0.220. The van der Waals surface area contributed by atoms with Gasteiger partial charge in [0, 0.05) is 12.4 Å². The normalized spacial score (nSPS) is 42.6. The number of aliphatic hydroxyl groups is 1. The molecule has 20 heavy (non-hydrogen) atoms. The zero-order chi connectivity index (χ0) is 14.2. The predicted molar refractivity (Wildman–Crippen MR) is 80.8 cm³/mol. The van der Waals surface area contributed by atoms with Crippen LogP contribution in [-0.4, -0.2) is 54.3 Å². The first kappa shape index (κ1) is 15.1. The van der Waals surface area contributed by atoms with Crippen molar-refractivity contribution in [2.75, 3.05) is 23.9 Å². The van der Waals surface area contributed by atoms with E-state index in [4.69, 9.17) is 4.74 Å². The van der Waals surface area contributed by atoms with Gasteiger partial charge in [-0.15, -0.1) is 0 Å². The first-order valence-electron chi connectivity index (χ1n) is 7.64. The van der Waals surface area contributed by atoms with E-state index in [0.717, 1.165) is 43.6 Å². The van der Waals surface area contributed by atoms with Crippen LogP contribution in [0.25, 0.3) is 0 Å². The maximum absolute atomic E-state index is 12.2. The molecular weight excluding hydrogens is 296 g/mol. The standard InChI is InChI=1S/C14H24O4S2/c15-13(12-3-1-2-8-20(12,16)17)11-4-6-18-14(9-11)5-7-19-10-14/h11-13,15H,1-10H2. The summed E-state index contributed by atoms with van der Waals surface area (Å²) in [7, 11) is -3.10. The third-order valence-corrected chi connectivity index (χ3v) is 8.61. The highest BCUT2D eigenvalue weighted by atomic mass is 32.2. The molecule has 3 aliphatic rings. The molecule has 0 radical (unpaired) electrons. The van der Waals surface area contributed by atoms with Crippen LogP contribution in [-0.2, 0) is 14.6 Å². The molecule has 0 amide bonds. The molecule has 3 saturated heterocycles. The van der Waals surface area contributed by atoms with Crippen molar-refractivity contribution in [2.45, 2.75) is 55.5 Å². The molecule has 4 unspecified atom stereocenters. The van der Waals surface area contributed by atoms with Crippen LogP contribution in [0.1, 0.15) is 38.5 Å². The maximum Gasteiger partial charge on any atom is 0.155 e. The summed E-state index contributed by atoms with van der Waals surface area (Å²) in [6.07, 6.45) is 4.25. The summed E-state index contributed by atoms with van der Waals surface area (Å²) in [5, 5.41) is 10.1. The van der Waals surface area contributed by atoms with Gasteiger partial charge in [-0.25, -0.2) is 8.42 Å². The summed E-state index contributed by atoms with van der Waals surface area (Å²) in [4.78, 5) is 0. The molecule has 3 aliphatic heterocycles. The molecule has 3 heterocycles. The smallest absolute Gasteiger partial charge is 0.155 e. The van der Waals surface area contributed by atoms with Gasteiger partial charge in [-0.05, 0) is 43.8 Å². The molecule has 0 saturated carbocycles. The Morgan fingerprint density at radius 1 is 1.30 bits per heavy atom. The molecule has 0 aromatic heterocycles.